The van der Waals surface area contributed by atoms with E-state index in [9.17, 15) is 9.90 Å². The third kappa shape index (κ3) is 6.64. The van der Waals surface area contributed by atoms with Crippen LogP contribution < -0.4 is 10.6 Å². The molecule has 7 nitrogen and oxygen atoms in total. The second kappa shape index (κ2) is 11.3. The molecular formula is C22H29N5O2. The van der Waals surface area contributed by atoms with Crippen molar-refractivity contribution in [2.75, 3.05) is 23.7 Å². The highest BCUT2D eigenvalue weighted by atomic mass is 16.3. The van der Waals surface area contributed by atoms with Gasteiger partial charge in [0.25, 0.3) is 0 Å². The molecule has 2 aromatic heterocycles. The smallest absolute Gasteiger partial charge is 0.224 e. The number of nitrogens with one attached hydrogen (secondary N) is 2. The molecule has 3 heterocycles. The number of hydrogen-bond donors (Lipinski definition) is 3. The van der Waals surface area contributed by atoms with Gasteiger partial charge in [-0.3, -0.25) is 9.78 Å². The van der Waals surface area contributed by atoms with E-state index in [1.165, 1.54) is 0 Å². The van der Waals surface area contributed by atoms with E-state index in [-0.39, 0.29) is 6.10 Å². The van der Waals surface area contributed by atoms with Gasteiger partial charge in [0.05, 0.1) is 17.4 Å². The van der Waals surface area contributed by atoms with Gasteiger partial charge >= 0.3 is 0 Å². The van der Waals surface area contributed by atoms with Crippen LogP contribution in [0.25, 0.3) is 11.3 Å². The van der Waals surface area contributed by atoms with E-state index in [1.807, 2.05) is 0 Å². The largest absolute Gasteiger partial charge is 0.393 e. The SMILES string of the molecule is O=Cc1ccc(-c2cnc3nc2NCCCCC(O)CCCC=CCCN3)nc1. The van der Waals surface area contributed by atoms with Crippen LogP contribution in [0.1, 0.15) is 55.3 Å². The van der Waals surface area contributed by atoms with Crippen LogP contribution in [-0.2, 0) is 0 Å². The summed E-state index contributed by atoms with van der Waals surface area (Å²) in [6, 6.07) is 3.54. The van der Waals surface area contributed by atoms with Crippen LogP contribution in [0, 0.1) is 0 Å². The fraction of sp³-hybridized carbons (Fsp3) is 0.455. The molecule has 1 aliphatic heterocycles. The molecule has 7 heteroatoms. The number of allylic oxidation sites excluding steroid dienone is 1. The second-order valence-corrected chi connectivity index (χ2v) is 7.24. The molecule has 3 N–H and O–H groups in total. The molecule has 0 saturated heterocycles. The van der Waals surface area contributed by atoms with Crippen molar-refractivity contribution >= 4 is 18.1 Å². The molecule has 3 rings (SSSR count). The number of nitrogens with zero attached hydrogens (tertiary/aromatic N) is 3. The number of aliphatic hydroxyl groups excluding tert-OH is 1. The molecule has 154 valence electrons. The van der Waals surface area contributed by atoms with Gasteiger partial charge in [-0.15, -0.1) is 0 Å². The van der Waals surface area contributed by atoms with Gasteiger partial charge in [-0.2, -0.15) is 4.98 Å². The summed E-state index contributed by atoms with van der Waals surface area (Å²) < 4.78 is 0. The Kier molecular flexibility index (Phi) is 8.12. The Labute approximate surface area is 171 Å². The van der Waals surface area contributed by atoms with Gasteiger partial charge in [0.15, 0.2) is 6.29 Å². The fourth-order valence-corrected chi connectivity index (χ4v) is 3.25. The summed E-state index contributed by atoms with van der Waals surface area (Å²) in [5.74, 6) is 1.29. The minimum absolute atomic E-state index is 0.220. The zero-order valence-corrected chi connectivity index (χ0v) is 16.7. The van der Waals surface area contributed by atoms with Crippen molar-refractivity contribution in [1.82, 2.24) is 15.0 Å². The normalized spacial score (nSPS) is 18.9. The first-order valence-electron chi connectivity index (χ1n) is 10.4. The number of aliphatic hydroxyl groups is 1. The first kappa shape index (κ1) is 20.9. The number of rotatable bonds is 2. The van der Waals surface area contributed by atoms with Crippen LogP contribution in [-0.4, -0.2) is 45.5 Å². The molecule has 1 atom stereocenters. The Morgan fingerprint density at radius 3 is 2.66 bits per heavy atom. The number of fused-ring (bicyclic) bond motifs is 2. The highest BCUT2D eigenvalue weighted by molar-refractivity contribution is 5.77. The van der Waals surface area contributed by atoms with Crippen molar-refractivity contribution in [1.29, 1.82) is 0 Å². The molecule has 2 aromatic rings. The number of hydrogen-bond acceptors (Lipinski definition) is 7. The topological polar surface area (TPSA) is 100 Å². The van der Waals surface area contributed by atoms with E-state index < -0.39 is 0 Å². The van der Waals surface area contributed by atoms with Crippen molar-refractivity contribution in [3.8, 4) is 11.3 Å². The van der Waals surface area contributed by atoms with Crippen LogP contribution in [0.4, 0.5) is 11.8 Å². The second-order valence-electron chi connectivity index (χ2n) is 7.24. The molecule has 1 aliphatic rings. The first-order chi connectivity index (χ1) is 14.3. The summed E-state index contributed by atoms with van der Waals surface area (Å²) in [6.07, 6.45) is 14.7. The average Bonchev–Trinajstić information content (AvgIpc) is 2.75. The molecule has 0 saturated carbocycles. The van der Waals surface area contributed by atoms with E-state index >= 15 is 0 Å². The number of aldehydes is 1. The molecule has 0 radical (unpaired) electrons. The van der Waals surface area contributed by atoms with E-state index in [0.29, 0.717) is 23.0 Å². The van der Waals surface area contributed by atoms with Crippen LogP contribution in [0.5, 0.6) is 0 Å². The highest BCUT2D eigenvalue weighted by Gasteiger charge is 2.11. The molecule has 0 fully saturated rings. The van der Waals surface area contributed by atoms with Crippen molar-refractivity contribution < 1.29 is 9.90 Å². The predicted octanol–water partition coefficient (Wildman–Crippen LogP) is 3.84. The van der Waals surface area contributed by atoms with E-state index in [1.54, 1.807) is 24.5 Å². The molecule has 1 unspecified atom stereocenters. The molecule has 29 heavy (non-hydrogen) atoms. The van der Waals surface area contributed by atoms with E-state index in [0.717, 1.165) is 69.9 Å². The lowest BCUT2D eigenvalue weighted by molar-refractivity contribution is 0.112. The zero-order valence-electron chi connectivity index (χ0n) is 16.7. The van der Waals surface area contributed by atoms with Crippen LogP contribution in [0.3, 0.4) is 0 Å². The lowest BCUT2D eigenvalue weighted by Crippen LogP contribution is -2.11. The van der Waals surface area contributed by atoms with Gasteiger partial charge in [0.1, 0.15) is 5.82 Å². The minimum atomic E-state index is -0.220. The third-order valence-electron chi connectivity index (χ3n) is 4.91. The Hall–Kier alpha value is -2.80. The van der Waals surface area contributed by atoms with Gasteiger partial charge in [0.2, 0.25) is 5.95 Å². The third-order valence-corrected chi connectivity index (χ3v) is 4.91. The van der Waals surface area contributed by atoms with E-state index in [2.05, 4.69) is 37.7 Å². The summed E-state index contributed by atoms with van der Waals surface area (Å²) in [5, 5.41) is 16.8. The Morgan fingerprint density at radius 2 is 1.83 bits per heavy atom. The summed E-state index contributed by atoms with van der Waals surface area (Å²) in [7, 11) is 0. The zero-order chi connectivity index (χ0) is 20.3. The average molecular weight is 396 g/mol. The van der Waals surface area contributed by atoms with Crippen molar-refractivity contribution in [3.63, 3.8) is 0 Å². The van der Waals surface area contributed by atoms with E-state index in [4.69, 9.17) is 0 Å². The highest BCUT2D eigenvalue weighted by Crippen LogP contribution is 2.25. The Morgan fingerprint density at radius 1 is 0.966 bits per heavy atom. The summed E-state index contributed by atoms with van der Waals surface area (Å²) in [4.78, 5) is 24.3. The molecule has 0 aromatic carbocycles. The lowest BCUT2D eigenvalue weighted by atomic mass is 10.1. The number of anilines is 2. The first-order valence-corrected chi connectivity index (χ1v) is 10.4. The molecule has 0 amide bonds. The lowest BCUT2D eigenvalue weighted by Gasteiger charge is -2.13. The number of carbonyl (C=O) groups is 1. The number of pyridine rings is 1. The summed E-state index contributed by atoms with van der Waals surface area (Å²) >= 11 is 0. The molecule has 0 spiro atoms. The monoisotopic (exact) mass is 395 g/mol. The van der Waals surface area contributed by atoms with Gasteiger partial charge in [-0.1, -0.05) is 12.2 Å². The van der Waals surface area contributed by atoms with Crippen LogP contribution in [0.15, 0.2) is 36.7 Å². The standard InChI is InChI=1S/C22H29N5O2/c28-16-17-10-11-20(25-14-17)19-15-26-22-24-13-6-3-1-2-4-8-18(29)9-5-7-12-23-21(19)27-22/h1,3,10-11,14-16,18,29H,2,4-9,12-13H2,(H2,23,24,26,27). The maximum absolute atomic E-state index is 10.9. The Bertz CT molecular complexity index is 807. The van der Waals surface area contributed by atoms with Crippen molar-refractivity contribution in [2.24, 2.45) is 0 Å². The molecular weight excluding hydrogens is 366 g/mol. The van der Waals surface area contributed by atoms with Crippen molar-refractivity contribution in [3.05, 3.63) is 42.2 Å². The van der Waals surface area contributed by atoms with Gasteiger partial charge < -0.3 is 15.7 Å². The summed E-state index contributed by atoms with van der Waals surface area (Å²) in [6.45, 7) is 1.51. The summed E-state index contributed by atoms with van der Waals surface area (Å²) in [5.41, 5.74) is 2.05. The molecule has 0 aliphatic carbocycles. The maximum atomic E-state index is 10.9. The quantitative estimate of drug-likeness (QED) is 0.525. The minimum Gasteiger partial charge on any atom is -0.393 e. The van der Waals surface area contributed by atoms with Crippen LogP contribution in [0.2, 0.25) is 0 Å². The maximum Gasteiger partial charge on any atom is 0.224 e. The fourth-order valence-electron chi connectivity index (χ4n) is 3.25. The van der Waals surface area contributed by atoms with Gasteiger partial charge in [-0.25, -0.2) is 4.98 Å². The Balaban J connectivity index is 1.76. The van der Waals surface area contributed by atoms with Crippen molar-refractivity contribution in [2.45, 2.75) is 51.0 Å². The molecule has 2 bridgehead atoms. The number of carbonyl (C=O) groups excluding carboxylic acids is 1. The van der Waals surface area contributed by atoms with Crippen LogP contribution >= 0.6 is 0 Å². The predicted molar refractivity (Wildman–Crippen MR) is 115 cm³/mol. The van der Waals surface area contributed by atoms with Gasteiger partial charge in [-0.05, 0) is 57.1 Å². The number of aromatic nitrogens is 3. The van der Waals surface area contributed by atoms with Gasteiger partial charge in [0, 0.05) is 31.0 Å².